The number of aliphatic imine (C=N–C) groups is 1. The molecule has 2 aliphatic heterocycles. The van der Waals surface area contributed by atoms with E-state index in [4.69, 9.17) is 30.8 Å². The molecule has 10 heteroatoms. The number of benzene rings is 3. The highest BCUT2D eigenvalue weighted by atomic mass is 35.5. The van der Waals surface area contributed by atoms with Crippen molar-refractivity contribution in [2.45, 2.75) is 18.2 Å². The first-order valence-electron chi connectivity index (χ1n) is 11.1. The van der Waals surface area contributed by atoms with Gasteiger partial charge in [-0.2, -0.15) is 0 Å². The van der Waals surface area contributed by atoms with Crippen molar-refractivity contribution in [3.63, 3.8) is 0 Å². The fourth-order valence-corrected chi connectivity index (χ4v) is 4.97. The van der Waals surface area contributed by atoms with Gasteiger partial charge in [0.2, 0.25) is 18.6 Å². The summed E-state index contributed by atoms with van der Waals surface area (Å²) >= 11 is 7.19. The van der Waals surface area contributed by atoms with Gasteiger partial charge in [-0.25, -0.2) is 4.99 Å². The minimum absolute atomic E-state index is 0.0380. The molecule has 0 saturated carbocycles. The zero-order chi connectivity index (χ0) is 25.1. The van der Waals surface area contributed by atoms with Crippen molar-refractivity contribution in [3.05, 3.63) is 77.3 Å². The van der Waals surface area contributed by atoms with Crippen molar-refractivity contribution in [1.29, 1.82) is 0 Å². The summed E-state index contributed by atoms with van der Waals surface area (Å²) in [7, 11) is 1.59. The molecular weight excluding hydrogens is 502 g/mol. The van der Waals surface area contributed by atoms with E-state index in [2.05, 4.69) is 5.32 Å². The maximum atomic E-state index is 13.3. The first-order valence-corrected chi connectivity index (χ1v) is 12.4. The highest BCUT2D eigenvalue weighted by molar-refractivity contribution is 8.15. The Morgan fingerprint density at radius 1 is 1.11 bits per heavy atom. The number of carbonyl (C=O) groups excluding carboxylic acids is 2. The van der Waals surface area contributed by atoms with E-state index >= 15 is 0 Å². The number of carbonyl (C=O) groups is 2. The second-order valence-electron chi connectivity index (χ2n) is 8.07. The number of amidine groups is 1. The summed E-state index contributed by atoms with van der Waals surface area (Å²) in [6.45, 7) is 0.453. The van der Waals surface area contributed by atoms with Gasteiger partial charge in [0.15, 0.2) is 16.7 Å². The van der Waals surface area contributed by atoms with E-state index in [9.17, 15) is 9.59 Å². The van der Waals surface area contributed by atoms with Crippen LogP contribution < -0.4 is 19.5 Å². The highest BCUT2D eigenvalue weighted by Crippen LogP contribution is 2.35. The molecule has 8 nitrogen and oxygen atoms in total. The normalized spacial score (nSPS) is 17.8. The number of hydrogen-bond donors (Lipinski definition) is 1. The standard InChI is InChI=1S/C26H22ClN3O5S/c1-33-20-9-7-19(8-10-20)29-26-30(14-16-2-11-21-22(12-16)35-15-34-21)24(31)13-23(36-26)25(32)28-18-5-3-17(27)4-6-18/h2-12,23H,13-15H2,1H3,(H,28,32). The average molecular weight is 524 g/mol. The van der Waals surface area contributed by atoms with E-state index in [1.165, 1.54) is 11.8 Å². The smallest absolute Gasteiger partial charge is 0.238 e. The van der Waals surface area contributed by atoms with Gasteiger partial charge in [-0.3, -0.25) is 14.5 Å². The van der Waals surface area contributed by atoms with Gasteiger partial charge in [-0.15, -0.1) is 0 Å². The van der Waals surface area contributed by atoms with Crippen molar-refractivity contribution in [2.75, 3.05) is 19.2 Å². The molecule has 0 spiro atoms. The van der Waals surface area contributed by atoms with Gasteiger partial charge >= 0.3 is 0 Å². The van der Waals surface area contributed by atoms with E-state index in [0.717, 1.165) is 5.56 Å². The molecule has 0 aliphatic carbocycles. The third-order valence-electron chi connectivity index (χ3n) is 5.62. The zero-order valence-corrected chi connectivity index (χ0v) is 20.8. The Balaban J connectivity index is 1.40. The second kappa shape index (κ2) is 10.5. The molecule has 0 radical (unpaired) electrons. The van der Waals surface area contributed by atoms with E-state index in [0.29, 0.717) is 38.8 Å². The van der Waals surface area contributed by atoms with Crippen molar-refractivity contribution < 1.29 is 23.8 Å². The van der Waals surface area contributed by atoms with E-state index in [1.807, 2.05) is 18.2 Å². The van der Waals surface area contributed by atoms with Gasteiger partial charge < -0.3 is 19.5 Å². The molecule has 1 fully saturated rings. The molecule has 2 heterocycles. The SMILES string of the molecule is COc1ccc(N=C2SC(C(=O)Nc3ccc(Cl)cc3)CC(=O)N2Cc2ccc3c(c2)OCO3)cc1. The summed E-state index contributed by atoms with van der Waals surface area (Å²) in [5.74, 6) is 1.53. The zero-order valence-electron chi connectivity index (χ0n) is 19.3. The van der Waals surface area contributed by atoms with Gasteiger partial charge in [-0.1, -0.05) is 29.4 Å². The number of ether oxygens (including phenoxy) is 3. The predicted molar refractivity (Wildman–Crippen MR) is 139 cm³/mol. The fourth-order valence-electron chi connectivity index (χ4n) is 3.74. The molecule has 0 aromatic heterocycles. The number of amides is 2. The van der Waals surface area contributed by atoms with Crippen molar-refractivity contribution >= 4 is 51.7 Å². The topological polar surface area (TPSA) is 89.5 Å². The molecular formula is C26H22ClN3O5S. The molecule has 184 valence electrons. The molecule has 2 amide bonds. The Labute approximate surface area is 217 Å². The molecule has 1 N–H and O–H groups in total. The van der Waals surface area contributed by atoms with Gasteiger partial charge in [0.1, 0.15) is 11.0 Å². The van der Waals surface area contributed by atoms with Crippen LogP contribution in [0.5, 0.6) is 17.2 Å². The van der Waals surface area contributed by atoms with Crippen LogP contribution in [0.3, 0.4) is 0 Å². The summed E-state index contributed by atoms with van der Waals surface area (Å²) in [4.78, 5) is 32.7. The van der Waals surface area contributed by atoms with E-state index in [-0.39, 0.29) is 31.6 Å². The molecule has 0 bridgehead atoms. The van der Waals surface area contributed by atoms with Crippen LogP contribution in [-0.2, 0) is 16.1 Å². The predicted octanol–water partition coefficient (Wildman–Crippen LogP) is 5.24. The maximum Gasteiger partial charge on any atom is 0.238 e. The molecule has 36 heavy (non-hydrogen) atoms. The first-order chi connectivity index (χ1) is 17.5. The van der Waals surface area contributed by atoms with Crippen molar-refractivity contribution in [3.8, 4) is 17.2 Å². The van der Waals surface area contributed by atoms with Crippen LogP contribution in [0.25, 0.3) is 0 Å². The number of thioether (sulfide) groups is 1. The fraction of sp³-hybridized carbons (Fsp3) is 0.192. The molecule has 1 saturated heterocycles. The van der Waals surface area contributed by atoms with Crippen molar-refractivity contribution in [1.82, 2.24) is 4.90 Å². The Bertz CT molecular complexity index is 1310. The van der Waals surface area contributed by atoms with Crippen LogP contribution in [0.15, 0.2) is 71.7 Å². The molecule has 1 atom stereocenters. The van der Waals surface area contributed by atoms with Crippen LogP contribution in [0, 0.1) is 0 Å². The lowest BCUT2D eigenvalue weighted by molar-refractivity contribution is -0.129. The summed E-state index contributed by atoms with van der Waals surface area (Å²) in [6.07, 6.45) is 0.0380. The quantitative estimate of drug-likeness (QED) is 0.475. The molecule has 3 aromatic carbocycles. The third kappa shape index (κ3) is 5.42. The maximum absolute atomic E-state index is 13.3. The van der Waals surface area contributed by atoms with E-state index in [1.54, 1.807) is 60.5 Å². The van der Waals surface area contributed by atoms with Crippen LogP contribution >= 0.6 is 23.4 Å². The van der Waals surface area contributed by atoms with Gasteiger partial charge in [0.05, 0.1) is 19.3 Å². The molecule has 3 aromatic rings. The number of anilines is 1. The second-order valence-corrected chi connectivity index (χ2v) is 9.67. The van der Waals surface area contributed by atoms with Crippen LogP contribution in [0.2, 0.25) is 5.02 Å². The van der Waals surface area contributed by atoms with Crippen LogP contribution in [0.1, 0.15) is 12.0 Å². The Kier molecular flexibility index (Phi) is 7.02. The van der Waals surface area contributed by atoms with Crippen molar-refractivity contribution in [2.24, 2.45) is 4.99 Å². The number of methoxy groups -OCH3 is 1. The largest absolute Gasteiger partial charge is 0.497 e. The number of nitrogens with one attached hydrogen (secondary N) is 1. The summed E-state index contributed by atoms with van der Waals surface area (Å²) in [5.41, 5.74) is 2.11. The third-order valence-corrected chi connectivity index (χ3v) is 7.06. The minimum Gasteiger partial charge on any atom is -0.497 e. The minimum atomic E-state index is -0.641. The summed E-state index contributed by atoms with van der Waals surface area (Å²) in [5, 5.41) is 3.23. The molecule has 1 unspecified atom stereocenters. The highest BCUT2D eigenvalue weighted by Gasteiger charge is 2.36. The Morgan fingerprint density at radius 3 is 2.61 bits per heavy atom. The lowest BCUT2D eigenvalue weighted by atomic mass is 10.1. The van der Waals surface area contributed by atoms with Crippen LogP contribution in [-0.4, -0.2) is 41.0 Å². The number of halogens is 1. The van der Waals surface area contributed by atoms with Gasteiger partial charge in [0, 0.05) is 17.1 Å². The number of fused-ring (bicyclic) bond motifs is 1. The lowest BCUT2D eigenvalue weighted by Gasteiger charge is -2.32. The number of rotatable bonds is 6. The molecule has 5 rings (SSSR count). The monoisotopic (exact) mass is 523 g/mol. The lowest BCUT2D eigenvalue weighted by Crippen LogP contribution is -2.44. The van der Waals surface area contributed by atoms with Crippen LogP contribution in [0.4, 0.5) is 11.4 Å². The van der Waals surface area contributed by atoms with Gasteiger partial charge in [0.25, 0.3) is 0 Å². The molecule has 2 aliphatic rings. The van der Waals surface area contributed by atoms with E-state index < -0.39 is 5.25 Å². The number of hydrogen-bond acceptors (Lipinski definition) is 7. The number of nitrogens with zero attached hydrogens (tertiary/aromatic N) is 2. The Hall–Kier alpha value is -3.69. The first kappa shape index (κ1) is 24.0. The Morgan fingerprint density at radius 2 is 1.86 bits per heavy atom. The van der Waals surface area contributed by atoms with Gasteiger partial charge in [-0.05, 0) is 66.2 Å². The average Bonchev–Trinajstić information content (AvgIpc) is 3.35. The summed E-state index contributed by atoms with van der Waals surface area (Å²) in [6, 6.07) is 19.6. The summed E-state index contributed by atoms with van der Waals surface area (Å²) < 4.78 is 16.1.